The average Bonchev–Trinajstić information content (AvgIpc) is 2.55. The molecule has 1 aromatic rings. The van der Waals surface area contributed by atoms with Crippen LogP contribution in [-0.2, 0) is 4.79 Å². The van der Waals surface area contributed by atoms with Gasteiger partial charge in [-0.05, 0) is 18.4 Å². The summed E-state index contributed by atoms with van der Waals surface area (Å²) in [7, 11) is 0. The quantitative estimate of drug-likeness (QED) is 0.812. The fourth-order valence-electron chi connectivity index (χ4n) is 2.98. The lowest BCUT2D eigenvalue weighted by Gasteiger charge is -2.33. The number of rotatable bonds is 6. The number of hydrogen-bond donors (Lipinski definition) is 2. The molecule has 0 radical (unpaired) electrons. The first-order chi connectivity index (χ1) is 11.4. The molecule has 1 aromatic carbocycles. The third-order valence-corrected chi connectivity index (χ3v) is 5.24. The van der Waals surface area contributed by atoms with Crippen LogP contribution < -0.4 is 5.32 Å². The number of halogens is 3. The second-order valence-corrected chi connectivity index (χ2v) is 7.08. The van der Waals surface area contributed by atoms with Crippen LogP contribution in [0.5, 0.6) is 0 Å². The van der Waals surface area contributed by atoms with Crippen LogP contribution in [0.4, 0.5) is 13.2 Å². The molecular weight excluding hydrogens is 339 g/mol. The lowest BCUT2D eigenvalue weighted by Crippen LogP contribution is -2.48. The monoisotopic (exact) mass is 361 g/mol. The highest BCUT2D eigenvalue weighted by atomic mass is 32.2. The largest absolute Gasteiger partial charge is 0.393 e. The van der Waals surface area contributed by atoms with Crippen molar-refractivity contribution in [2.75, 3.05) is 11.5 Å². The molecule has 1 aliphatic rings. The van der Waals surface area contributed by atoms with E-state index in [-0.39, 0.29) is 12.2 Å². The van der Waals surface area contributed by atoms with Crippen LogP contribution in [0.1, 0.15) is 37.4 Å². The van der Waals surface area contributed by atoms with Gasteiger partial charge in [-0.25, -0.2) is 0 Å². The number of alkyl halides is 3. The topological polar surface area (TPSA) is 49.3 Å². The summed E-state index contributed by atoms with van der Waals surface area (Å²) in [6.45, 7) is 0. The zero-order valence-electron chi connectivity index (χ0n) is 13.3. The van der Waals surface area contributed by atoms with E-state index in [2.05, 4.69) is 5.32 Å². The molecule has 1 saturated carbocycles. The van der Waals surface area contributed by atoms with Crippen molar-refractivity contribution in [3.63, 3.8) is 0 Å². The first-order valence-electron chi connectivity index (χ1n) is 8.04. The minimum Gasteiger partial charge on any atom is -0.388 e. The van der Waals surface area contributed by atoms with Gasteiger partial charge in [0.1, 0.15) is 0 Å². The number of thioether (sulfide) groups is 1. The van der Waals surface area contributed by atoms with E-state index in [0.29, 0.717) is 25.0 Å². The Labute approximate surface area is 144 Å². The van der Waals surface area contributed by atoms with Gasteiger partial charge >= 0.3 is 6.18 Å². The van der Waals surface area contributed by atoms with Crippen molar-refractivity contribution in [2.24, 2.45) is 5.92 Å². The Morgan fingerprint density at radius 2 is 1.92 bits per heavy atom. The maximum absolute atomic E-state index is 13.0. The van der Waals surface area contributed by atoms with E-state index in [1.165, 1.54) is 11.8 Å². The fourth-order valence-corrected chi connectivity index (χ4v) is 3.78. The van der Waals surface area contributed by atoms with E-state index in [1.807, 2.05) is 18.2 Å². The average molecular weight is 361 g/mol. The number of aliphatic hydroxyl groups is 1. The summed E-state index contributed by atoms with van der Waals surface area (Å²) in [5, 5.41) is 12.5. The molecule has 0 heterocycles. The van der Waals surface area contributed by atoms with Gasteiger partial charge in [0.15, 0.2) is 0 Å². The lowest BCUT2D eigenvalue weighted by molar-refractivity contribution is -0.189. The molecule has 134 valence electrons. The summed E-state index contributed by atoms with van der Waals surface area (Å²) in [6.07, 6.45) is -3.26. The van der Waals surface area contributed by atoms with Crippen molar-refractivity contribution in [3.05, 3.63) is 35.9 Å². The summed E-state index contributed by atoms with van der Waals surface area (Å²) in [6, 6.07) is 8.23. The Morgan fingerprint density at radius 1 is 1.25 bits per heavy atom. The smallest absolute Gasteiger partial charge is 0.388 e. The standard InChI is InChI=1S/C17H22F3NO2S/c18-17(19,20)13-8-4-5-9-14(13)21-16(23)11-24-10-15(22)12-6-2-1-3-7-12/h1-3,6-7,13-15,22H,4-5,8-11H2,(H,21,23). The van der Waals surface area contributed by atoms with Gasteiger partial charge in [0, 0.05) is 11.8 Å². The second kappa shape index (κ2) is 8.76. The van der Waals surface area contributed by atoms with Gasteiger partial charge in [0.25, 0.3) is 0 Å². The van der Waals surface area contributed by atoms with Crippen molar-refractivity contribution < 1.29 is 23.1 Å². The Bertz CT molecular complexity index is 524. The first-order valence-corrected chi connectivity index (χ1v) is 9.20. The maximum atomic E-state index is 13.0. The van der Waals surface area contributed by atoms with Gasteiger partial charge < -0.3 is 10.4 Å². The summed E-state index contributed by atoms with van der Waals surface area (Å²) in [5.74, 6) is -1.48. The number of hydrogen-bond acceptors (Lipinski definition) is 3. The SMILES string of the molecule is O=C(CSCC(O)c1ccccc1)NC1CCCCC1C(F)(F)F. The van der Waals surface area contributed by atoms with Gasteiger partial charge in [0.05, 0.1) is 17.8 Å². The normalized spacial score (nSPS) is 22.8. The van der Waals surface area contributed by atoms with Crippen LogP contribution in [0.25, 0.3) is 0 Å². The van der Waals surface area contributed by atoms with Crippen LogP contribution in [0.15, 0.2) is 30.3 Å². The van der Waals surface area contributed by atoms with Gasteiger partial charge in [0.2, 0.25) is 5.91 Å². The highest BCUT2D eigenvalue weighted by Crippen LogP contribution is 2.37. The zero-order chi connectivity index (χ0) is 17.6. The third-order valence-electron chi connectivity index (χ3n) is 4.23. The van der Waals surface area contributed by atoms with Crippen molar-refractivity contribution in [2.45, 2.75) is 44.0 Å². The van der Waals surface area contributed by atoms with Crippen molar-refractivity contribution in [1.82, 2.24) is 5.32 Å². The van der Waals surface area contributed by atoms with Crippen LogP contribution in [-0.4, -0.2) is 34.7 Å². The van der Waals surface area contributed by atoms with Crippen LogP contribution in [0.3, 0.4) is 0 Å². The van der Waals surface area contributed by atoms with Gasteiger partial charge in [-0.1, -0.05) is 43.2 Å². The lowest BCUT2D eigenvalue weighted by atomic mass is 9.84. The summed E-state index contributed by atoms with van der Waals surface area (Å²) >= 11 is 1.22. The number of nitrogens with one attached hydrogen (secondary N) is 1. The van der Waals surface area contributed by atoms with Crippen molar-refractivity contribution in [3.8, 4) is 0 Å². The minimum atomic E-state index is -4.27. The number of carbonyl (C=O) groups is 1. The van der Waals surface area contributed by atoms with E-state index in [9.17, 15) is 23.1 Å². The molecule has 2 N–H and O–H groups in total. The molecule has 0 aromatic heterocycles. The van der Waals surface area contributed by atoms with Crippen LogP contribution in [0.2, 0.25) is 0 Å². The molecule has 3 nitrogen and oxygen atoms in total. The van der Waals surface area contributed by atoms with Crippen LogP contribution in [0, 0.1) is 5.92 Å². The molecule has 2 rings (SSSR count). The summed E-state index contributed by atoms with van der Waals surface area (Å²) in [5.41, 5.74) is 0.759. The van der Waals surface area contributed by atoms with E-state index < -0.39 is 30.1 Å². The first kappa shape index (κ1) is 19.1. The molecular formula is C17H22F3NO2S. The number of benzene rings is 1. The summed E-state index contributed by atoms with van der Waals surface area (Å²) in [4.78, 5) is 11.9. The number of aliphatic hydroxyl groups excluding tert-OH is 1. The minimum absolute atomic E-state index is 0.0466. The molecule has 1 fully saturated rings. The fraction of sp³-hybridized carbons (Fsp3) is 0.588. The maximum Gasteiger partial charge on any atom is 0.393 e. The molecule has 7 heteroatoms. The molecule has 1 aliphatic carbocycles. The number of carbonyl (C=O) groups excluding carboxylic acids is 1. The van der Waals surface area contributed by atoms with Gasteiger partial charge in [-0.3, -0.25) is 4.79 Å². The molecule has 3 unspecified atom stereocenters. The van der Waals surface area contributed by atoms with E-state index in [1.54, 1.807) is 12.1 Å². The second-order valence-electron chi connectivity index (χ2n) is 6.05. The van der Waals surface area contributed by atoms with Crippen LogP contribution >= 0.6 is 11.8 Å². The summed E-state index contributed by atoms with van der Waals surface area (Å²) < 4.78 is 39.0. The highest BCUT2D eigenvalue weighted by molar-refractivity contribution is 7.99. The molecule has 1 amide bonds. The van der Waals surface area contributed by atoms with E-state index in [0.717, 1.165) is 5.56 Å². The Hall–Kier alpha value is -1.21. The Balaban J connectivity index is 1.76. The zero-order valence-corrected chi connectivity index (χ0v) is 14.1. The molecule has 0 spiro atoms. The predicted molar refractivity (Wildman–Crippen MR) is 88.7 cm³/mol. The Morgan fingerprint density at radius 3 is 2.58 bits per heavy atom. The highest BCUT2D eigenvalue weighted by Gasteiger charge is 2.45. The van der Waals surface area contributed by atoms with Gasteiger partial charge in [-0.15, -0.1) is 11.8 Å². The molecule has 0 bridgehead atoms. The number of amides is 1. The van der Waals surface area contributed by atoms with E-state index >= 15 is 0 Å². The molecule has 0 saturated heterocycles. The molecule has 24 heavy (non-hydrogen) atoms. The van der Waals surface area contributed by atoms with Crippen molar-refractivity contribution in [1.29, 1.82) is 0 Å². The Kier molecular flexibility index (Phi) is 6.98. The third kappa shape index (κ3) is 5.70. The van der Waals surface area contributed by atoms with E-state index in [4.69, 9.17) is 0 Å². The molecule has 0 aliphatic heterocycles. The van der Waals surface area contributed by atoms with Gasteiger partial charge in [-0.2, -0.15) is 13.2 Å². The predicted octanol–water partition coefficient (Wildman–Crippen LogP) is 3.69. The molecule has 3 atom stereocenters. The van der Waals surface area contributed by atoms with Crippen molar-refractivity contribution >= 4 is 17.7 Å².